The normalized spacial score (nSPS) is 23.7. The molecule has 1 amide bonds. The Balaban J connectivity index is 2.17. The van der Waals surface area contributed by atoms with Gasteiger partial charge in [0.15, 0.2) is 0 Å². The van der Waals surface area contributed by atoms with Crippen LogP contribution in [-0.2, 0) is 9.53 Å². The number of hydrogen-bond donors (Lipinski definition) is 1. The van der Waals surface area contributed by atoms with Crippen molar-refractivity contribution in [1.29, 1.82) is 0 Å². The Bertz CT molecular complexity index is 420. The summed E-state index contributed by atoms with van der Waals surface area (Å²) in [5, 5.41) is 0. The summed E-state index contributed by atoms with van der Waals surface area (Å²) in [5.74, 6) is -0.191. The quantitative estimate of drug-likeness (QED) is 0.828. The van der Waals surface area contributed by atoms with Crippen molar-refractivity contribution in [2.24, 2.45) is 11.7 Å². The molecule has 0 spiro atoms. The van der Waals surface area contributed by atoms with Crippen LogP contribution in [0.1, 0.15) is 5.56 Å². The highest BCUT2D eigenvalue weighted by Crippen LogP contribution is 2.22. The Morgan fingerprint density at radius 1 is 1.41 bits per heavy atom. The highest BCUT2D eigenvalue weighted by molar-refractivity contribution is 5.95. The SMILES string of the molecule is Cc1ccccc1N(C)C(=O)C1COCC1N. The fourth-order valence-electron chi connectivity index (χ4n) is 2.13. The van der Waals surface area contributed by atoms with Gasteiger partial charge in [-0.3, -0.25) is 4.79 Å². The summed E-state index contributed by atoms with van der Waals surface area (Å²) in [6.07, 6.45) is 0. The third-order valence-corrected chi connectivity index (χ3v) is 3.25. The lowest BCUT2D eigenvalue weighted by atomic mass is 10.0. The van der Waals surface area contributed by atoms with E-state index in [-0.39, 0.29) is 17.9 Å². The van der Waals surface area contributed by atoms with Crippen LogP contribution in [0.15, 0.2) is 24.3 Å². The average molecular weight is 234 g/mol. The van der Waals surface area contributed by atoms with Crippen molar-refractivity contribution in [3.63, 3.8) is 0 Å². The minimum Gasteiger partial charge on any atom is -0.379 e. The van der Waals surface area contributed by atoms with Gasteiger partial charge in [0.25, 0.3) is 0 Å². The monoisotopic (exact) mass is 234 g/mol. The summed E-state index contributed by atoms with van der Waals surface area (Å²) >= 11 is 0. The zero-order valence-corrected chi connectivity index (χ0v) is 10.2. The van der Waals surface area contributed by atoms with Crippen molar-refractivity contribution in [3.05, 3.63) is 29.8 Å². The molecule has 0 radical (unpaired) electrons. The second-order valence-electron chi connectivity index (χ2n) is 4.49. The van der Waals surface area contributed by atoms with E-state index < -0.39 is 0 Å². The molecular weight excluding hydrogens is 216 g/mol. The molecular formula is C13H18N2O2. The first-order chi connectivity index (χ1) is 8.11. The Labute approximate surface area is 101 Å². The molecule has 92 valence electrons. The second kappa shape index (κ2) is 4.85. The first kappa shape index (κ1) is 12.1. The molecule has 1 aliphatic heterocycles. The van der Waals surface area contributed by atoms with E-state index in [1.54, 1.807) is 11.9 Å². The highest BCUT2D eigenvalue weighted by atomic mass is 16.5. The van der Waals surface area contributed by atoms with E-state index in [4.69, 9.17) is 10.5 Å². The van der Waals surface area contributed by atoms with Gasteiger partial charge in [0.05, 0.1) is 19.1 Å². The fraction of sp³-hybridized carbons (Fsp3) is 0.462. The number of aryl methyl sites for hydroxylation is 1. The molecule has 1 heterocycles. The van der Waals surface area contributed by atoms with E-state index in [9.17, 15) is 4.79 Å². The van der Waals surface area contributed by atoms with Crippen molar-refractivity contribution >= 4 is 11.6 Å². The zero-order chi connectivity index (χ0) is 12.4. The molecule has 1 aromatic carbocycles. The summed E-state index contributed by atoms with van der Waals surface area (Å²) in [6, 6.07) is 7.63. The van der Waals surface area contributed by atoms with E-state index in [0.29, 0.717) is 13.2 Å². The first-order valence-corrected chi connectivity index (χ1v) is 5.78. The van der Waals surface area contributed by atoms with Crippen molar-refractivity contribution in [2.45, 2.75) is 13.0 Å². The van der Waals surface area contributed by atoms with Crippen LogP contribution < -0.4 is 10.6 Å². The lowest BCUT2D eigenvalue weighted by Gasteiger charge is -2.23. The number of ether oxygens (including phenoxy) is 1. The molecule has 0 bridgehead atoms. The minimum absolute atomic E-state index is 0.0318. The van der Waals surface area contributed by atoms with Gasteiger partial charge in [-0.15, -0.1) is 0 Å². The van der Waals surface area contributed by atoms with Gasteiger partial charge in [0.2, 0.25) is 5.91 Å². The molecule has 0 aromatic heterocycles. The molecule has 1 fully saturated rings. The molecule has 17 heavy (non-hydrogen) atoms. The van der Waals surface area contributed by atoms with Gasteiger partial charge >= 0.3 is 0 Å². The Hall–Kier alpha value is -1.39. The standard InChI is InChI=1S/C13H18N2O2/c1-9-5-3-4-6-12(9)15(2)13(16)10-7-17-8-11(10)14/h3-6,10-11H,7-8,14H2,1-2H3. The maximum atomic E-state index is 12.3. The molecule has 1 aliphatic rings. The summed E-state index contributed by atoms with van der Waals surface area (Å²) in [6.45, 7) is 2.89. The van der Waals surface area contributed by atoms with Gasteiger partial charge in [0.1, 0.15) is 0 Å². The third-order valence-electron chi connectivity index (χ3n) is 3.25. The van der Waals surface area contributed by atoms with Gasteiger partial charge in [0, 0.05) is 18.8 Å². The van der Waals surface area contributed by atoms with E-state index in [2.05, 4.69) is 0 Å². The molecule has 2 unspecified atom stereocenters. The molecule has 2 atom stereocenters. The van der Waals surface area contributed by atoms with Crippen LogP contribution in [0.3, 0.4) is 0 Å². The van der Waals surface area contributed by atoms with Crippen molar-refractivity contribution in [3.8, 4) is 0 Å². The average Bonchev–Trinajstić information content (AvgIpc) is 2.74. The number of nitrogens with two attached hydrogens (primary N) is 1. The number of benzene rings is 1. The predicted molar refractivity (Wildman–Crippen MR) is 66.9 cm³/mol. The number of amides is 1. The van der Waals surface area contributed by atoms with Crippen LogP contribution in [0.2, 0.25) is 0 Å². The fourth-order valence-corrected chi connectivity index (χ4v) is 2.13. The number of hydrogen-bond acceptors (Lipinski definition) is 3. The summed E-state index contributed by atoms with van der Waals surface area (Å²) in [4.78, 5) is 13.9. The van der Waals surface area contributed by atoms with E-state index in [0.717, 1.165) is 11.3 Å². The summed E-state index contributed by atoms with van der Waals surface area (Å²) in [5.41, 5.74) is 7.87. The number of carbonyl (C=O) groups is 1. The third kappa shape index (κ3) is 2.33. The van der Waals surface area contributed by atoms with Gasteiger partial charge in [-0.2, -0.15) is 0 Å². The first-order valence-electron chi connectivity index (χ1n) is 5.78. The molecule has 2 rings (SSSR count). The Kier molecular flexibility index (Phi) is 3.45. The lowest BCUT2D eigenvalue weighted by Crippen LogP contribution is -2.42. The number of para-hydroxylation sites is 1. The van der Waals surface area contributed by atoms with Crippen LogP contribution in [0, 0.1) is 12.8 Å². The maximum absolute atomic E-state index is 12.3. The van der Waals surface area contributed by atoms with Crippen molar-refractivity contribution < 1.29 is 9.53 Å². The van der Waals surface area contributed by atoms with Gasteiger partial charge in [-0.05, 0) is 18.6 Å². The molecule has 0 aliphatic carbocycles. The maximum Gasteiger partial charge on any atom is 0.233 e. The van der Waals surface area contributed by atoms with Crippen LogP contribution >= 0.6 is 0 Å². The van der Waals surface area contributed by atoms with Crippen LogP contribution in [0.5, 0.6) is 0 Å². The Morgan fingerprint density at radius 2 is 2.12 bits per heavy atom. The van der Waals surface area contributed by atoms with Crippen LogP contribution in [0.25, 0.3) is 0 Å². The zero-order valence-electron chi connectivity index (χ0n) is 10.2. The molecule has 2 N–H and O–H groups in total. The smallest absolute Gasteiger partial charge is 0.233 e. The topological polar surface area (TPSA) is 55.6 Å². The molecule has 0 saturated carbocycles. The van der Waals surface area contributed by atoms with Gasteiger partial charge in [-0.1, -0.05) is 18.2 Å². The summed E-state index contributed by atoms with van der Waals surface area (Å²) < 4.78 is 5.23. The van der Waals surface area contributed by atoms with E-state index in [1.165, 1.54) is 0 Å². The van der Waals surface area contributed by atoms with Crippen LogP contribution in [0.4, 0.5) is 5.69 Å². The summed E-state index contributed by atoms with van der Waals surface area (Å²) in [7, 11) is 1.79. The number of carbonyl (C=O) groups excluding carboxylic acids is 1. The predicted octanol–water partition coefficient (Wildman–Crippen LogP) is 0.932. The highest BCUT2D eigenvalue weighted by Gasteiger charge is 2.33. The molecule has 1 aromatic rings. The van der Waals surface area contributed by atoms with Crippen LogP contribution in [-0.4, -0.2) is 32.2 Å². The van der Waals surface area contributed by atoms with Gasteiger partial charge < -0.3 is 15.4 Å². The molecule has 4 heteroatoms. The number of nitrogens with zero attached hydrogens (tertiary/aromatic N) is 1. The van der Waals surface area contributed by atoms with E-state index >= 15 is 0 Å². The number of anilines is 1. The molecule has 1 saturated heterocycles. The molecule has 4 nitrogen and oxygen atoms in total. The lowest BCUT2D eigenvalue weighted by molar-refractivity contribution is -0.122. The minimum atomic E-state index is -0.223. The van der Waals surface area contributed by atoms with Crippen molar-refractivity contribution in [1.82, 2.24) is 0 Å². The Morgan fingerprint density at radius 3 is 2.71 bits per heavy atom. The van der Waals surface area contributed by atoms with E-state index in [1.807, 2.05) is 31.2 Å². The second-order valence-corrected chi connectivity index (χ2v) is 4.49. The largest absolute Gasteiger partial charge is 0.379 e. The van der Waals surface area contributed by atoms with Crippen molar-refractivity contribution in [2.75, 3.05) is 25.2 Å². The van der Waals surface area contributed by atoms with Gasteiger partial charge in [-0.25, -0.2) is 0 Å². The number of rotatable bonds is 2.